The second kappa shape index (κ2) is 5.74. The molecule has 0 atom stereocenters. The lowest BCUT2D eigenvalue weighted by Gasteiger charge is -2.24. The van der Waals surface area contributed by atoms with Crippen LogP contribution in [0.1, 0.15) is 37.3 Å². The largest absolute Gasteiger partial charge is 0.341 e. The molecule has 0 aromatic carbocycles. The van der Waals surface area contributed by atoms with Crippen molar-refractivity contribution < 1.29 is 4.79 Å². The van der Waals surface area contributed by atoms with Gasteiger partial charge in [-0.2, -0.15) is 0 Å². The Bertz CT molecular complexity index is 430. The average Bonchev–Trinajstić information content (AvgIpc) is 3.11. The molecule has 104 valence electrons. The summed E-state index contributed by atoms with van der Waals surface area (Å²) in [5, 5.41) is 3.38. The number of likely N-dealkylation sites (tertiary alicyclic amines) is 1. The van der Waals surface area contributed by atoms with Crippen LogP contribution in [-0.4, -0.2) is 46.5 Å². The van der Waals surface area contributed by atoms with Crippen LogP contribution in [0.3, 0.4) is 0 Å². The molecule has 0 bridgehead atoms. The molecule has 2 aliphatic rings. The number of hydrogen-bond donors (Lipinski definition) is 1. The van der Waals surface area contributed by atoms with Crippen molar-refractivity contribution in [1.82, 2.24) is 19.8 Å². The van der Waals surface area contributed by atoms with Gasteiger partial charge in [0.1, 0.15) is 6.54 Å². The molecule has 1 aromatic rings. The maximum atomic E-state index is 12.2. The predicted molar refractivity (Wildman–Crippen MR) is 72.9 cm³/mol. The van der Waals surface area contributed by atoms with Crippen molar-refractivity contribution in [2.45, 2.75) is 38.1 Å². The smallest absolute Gasteiger partial charge is 0.242 e. The van der Waals surface area contributed by atoms with E-state index in [1.165, 1.54) is 5.69 Å². The van der Waals surface area contributed by atoms with E-state index in [0.717, 1.165) is 51.9 Å². The Kier molecular flexibility index (Phi) is 3.82. The van der Waals surface area contributed by atoms with Crippen LogP contribution < -0.4 is 5.32 Å². The van der Waals surface area contributed by atoms with Gasteiger partial charge in [-0.15, -0.1) is 0 Å². The molecule has 1 amide bonds. The molecule has 3 rings (SSSR count). The first-order valence-corrected chi connectivity index (χ1v) is 7.33. The first kappa shape index (κ1) is 12.7. The van der Waals surface area contributed by atoms with Gasteiger partial charge in [-0.3, -0.25) is 4.79 Å². The van der Waals surface area contributed by atoms with Crippen LogP contribution in [-0.2, 0) is 11.3 Å². The van der Waals surface area contributed by atoms with Crippen LogP contribution >= 0.6 is 0 Å². The quantitative estimate of drug-likeness (QED) is 0.883. The summed E-state index contributed by atoms with van der Waals surface area (Å²) in [6, 6.07) is 0. The summed E-state index contributed by atoms with van der Waals surface area (Å²) in [6.07, 6.45) is 8.33. The molecule has 2 fully saturated rings. The van der Waals surface area contributed by atoms with Crippen molar-refractivity contribution in [1.29, 1.82) is 0 Å². The Balaban J connectivity index is 1.67. The molecule has 0 unspecified atom stereocenters. The third kappa shape index (κ3) is 2.81. The number of nitrogens with zero attached hydrogens (tertiary/aromatic N) is 3. The lowest BCUT2D eigenvalue weighted by Crippen LogP contribution is -2.32. The molecule has 1 aromatic heterocycles. The molecule has 19 heavy (non-hydrogen) atoms. The van der Waals surface area contributed by atoms with Crippen LogP contribution in [0, 0.1) is 0 Å². The summed E-state index contributed by atoms with van der Waals surface area (Å²) in [7, 11) is 0. The first-order chi connectivity index (χ1) is 9.34. The Morgan fingerprint density at radius 3 is 2.79 bits per heavy atom. The second-order valence-electron chi connectivity index (χ2n) is 5.56. The maximum Gasteiger partial charge on any atom is 0.242 e. The van der Waals surface area contributed by atoms with Gasteiger partial charge < -0.3 is 14.8 Å². The highest BCUT2D eigenvalue weighted by atomic mass is 16.2. The summed E-state index contributed by atoms with van der Waals surface area (Å²) in [5.74, 6) is 0.792. The average molecular weight is 262 g/mol. The van der Waals surface area contributed by atoms with Gasteiger partial charge in [0.2, 0.25) is 5.91 Å². The van der Waals surface area contributed by atoms with E-state index in [4.69, 9.17) is 0 Å². The van der Waals surface area contributed by atoms with E-state index in [-0.39, 0.29) is 5.91 Å². The molecular weight excluding hydrogens is 240 g/mol. The lowest BCUT2D eigenvalue weighted by molar-refractivity contribution is -0.130. The van der Waals surface area contributed by atoms with Crippen LogP contribution in [0.15, 0.2) is 12.5 Å². The second-order valence-corrected chi connectivity index (χ2v) is 5.56. The zero-order valence-corrected chi connectivity index (χ0v) is 11.3. The fourth-order valence-corrected chi connectivity index (χ4v) is 3.13. The van der Waals surface area contributed by atoms with Gasteiger partial charge in [-0.25, -0.2) is 4.98 Å². The number of imidazole rings is 1. The summed E-state index contributed by atoms with van der Waals surface area (Å²) < 4.78 is 2.05. The normalized spacial score (nSPS) is 20.9. The van der Waals surface area contributed by atoms with Crippen LogP contribution in [0.5, 0.6) is 0 Å². The van der Waals surface area contributed by atoms with Crippen molar-refractivity contribution in [3.63, 3.8) is 0 Å². The Morgan fingerprint density at radius 1 is 1.32 bits per heavy atom. The van der Waals surface area contributed by atoms with Crippen molar-refractivity contribution in [3.05, 3.63) is 18.2 Å². The molecule has 5 heteroatoms. The van der Waals surface area contributed by atoms with Gasteiger partial charge in [0, 0.05) is 30.9 Å². The number of amides is 1. The number of hydrogen-bond acceptors (Lipinski definition) is 3. The van der Waals surface area contributed by atoms with Gasteiger partial charge in [0.25, 0.3) is 0 Å². The Morgan fingerprint density at radius 2 is 2.05 bits per heavy atom. The lowest BCUT2D eigenvalue weighted by atomic mass is 9.95. The number of rotatable bonds is 3. The van der Waals surface area contributed by atoms with E-state index in [1.54, 1.807) is 0 Å². The summed E-state index contributed by atoms with van der Waals surface area (Å²) in [6.45, 7) is 4.44. The zero-order valence-electron chi connectivity index (χ0n) is 11.3. The van der Waals surface area contributed by atoms with E-state index in [1.807, 2.05) is 17.4 Å². The molecule has 2 aliphatic heterocycles. The highest BCUT2D eigenvalue weighted by molar-refractivity contribution is 5.76. The van der Waals surface area contributed by atoms with Gasteiger partial charge in [0.15, 0.2) is 0 Å². The van der Waals surface area contributed by atoms with Crippen LogP contribution in [0.2, 0.25) is 0 Å². The van der Waals surface area contributed by atoms with Crippen molar-refractivity contribution in [2.75, 3.05) is 26.2 Å². The highest BCUT2D eigenvalue weighted by Crippen LogP contribution is 2.25. The van der Waals surface area contributed by atoms with E-state index in [9.17, 15) is 4.79 Å². The highest BCUT2D eigenvalue weighted by Gasteiger charge is 2.22. The Hall–Kier alpha value is -1.36. The molecule has 2 saturated heterocycles. The SMILES string of the molecule is O=C(Cn1cncc1C1CCNCC1)N1CCCC1. The van der Waals surface area contributed by atoms with E-state index in [2.05, 4.69) is 14.9 Å². The van der Waals surface area contributed by atoms with Crippen molar-refractivity contribution >= 4 is 5.91 Å². The number of aromatic nitrogens is 2. The molecule has 3 heterocycles. The number of nitrogens with one attached hydrogen (secondary N) is 1. The predicted octanol–water partition coefficient (Wildman–Crippen LogP) is 0.972. The molecular formula is C14H22N4O. The molecule has 5 nitrogen and oxygen atoms in total. The minimum Gasteiger partial charge on any atom is -0.341 e. The van der Waals surface area contributed by atoms with Crippen molar-refractivity contribution in [2.24, 2.45) is 0 Å². The molecule has 0 aliphatic carbocycles. The molecule has 0 radical (unpaired) electrons. The number of piperidine rings is 1. The maximum absolute atomic E-state index is 12.2. The standard InChI is InChI=1S/C14H22N4O/c19-14(17-7-1-2-8-17)10-18-11-16-9-13(18)12-3-5-15-6-4-12/h9,11-12,15H,1-8,10H2. The fraction of sp³-hybridized carbons (Fsp3) is 0.714. The van der Waals surface area contributed by atoms with E-state index in [0.29, 0.717) is 12.5 Å². The van der Waals surface area contributed by atoms with E-state index >= 15 is 0 Å². The fourth-order valence-electron chi connectivity index (χ4n) is 3.13. The molecule has 1 N–H and O–H groups in total. The summed E-state index contributed by atoms with van der Waals surface area (Å²) >= 11 is 0. The zero-order chi connectivity index (χ0) is 13.1. The molecule has 0 saturated carbocycles. The minimum absolute atomic E-state index is 0.241. The van der Waals surface area contributed by atoms with Crippen molar-refractivity contribution in [3.8, 4) is 0 Å². The monoisotopic (exact) mass is 262 g/mol. The Labute approximate surface area is 114 Å². The van der Waals surface area contributed by atoms with Crippen LogP contribution in [0.4, 0.5) is 0 Å². The van der Waals surface area contributed by atoms with Gasteiger partial charge in [-0.1, -0.05) is 0 Å². The number of carbonyl (C=O) groups is 1. The first-order valence-electron chi connectivity index (χ1n) is 7.33. The van der Waals surface area contributed by atoms with E-state index < -0.39 is 0 Å². The minimum atomic E-state index is 0.241. The van der Waals surface area contributed by atoms with Gasteiger partial charge >= 0.3 is 0 Å². The number of carbonyl (C=O) groups excluding carboxylic acids is 1. The summed E-state index contributed by atoms with van der Waals surface area (Å²) in [4.78, 5) is 18.4. The third-order valence-corrected chi connectivity index (χ3v) is 4.27. The van der Waals surface area contributed by atoms with Gasteiger partial charge in [-0.05, 0) is 38.8 Å². The molecule has 0 spiro atoms. The summed E-state index contributed by atoms with van der Waals surface area (Å²) in [5.41, 5.74) is 1.23. The topological polar surface area (TPSA) is 50.2 Å². The third-order valence-electron chi connectivity index (χ3n) is 4.27. The van der Waals surface area contributed by atoms with Gasteiger partial charge in [0.05, 0.1) is 6.33 Å². The van der Waals surface area contributed by atoms with Crippen LogP contribution in [0.25, 0.3) is 0 Å².